The van der Waals surface area contributed by atoms with E-state index in [2.05, 4.69) is 37.0 Å². The van der Waals surface area contributed by atoms with Crippen LogP contribution in [0.4, 0.5) is 5.82 Å². The van der Waals surface area contributed by atoms with Crippen LogP contribution < -0.4 is 5.32 Å². The molecule has 0 radical (unpaired) electrons. The Balaban J connectivity index is 1.64. The summed E-state index contributed by atoms with van der Waals surface area (Å²) in [5.74, 6) is 0.698. The number of aromatic nitrogens is 4. The van der Waals surface area contributed by atoms with Crippen LogP contribution in [-0.2, 0) is 6.54 Å². The molecule has 1 aliphatic carbocycles. The van der Waals surface area contributed by atoms with Gasteiger partial charge in [-0.3, -0.25) is 0 Å². The van der Waals surface area contributed by atoms with E-state index in [1.54, 1.807) is 0 Å². The first-order chi connectivity index (χ1) is 11.8. The fraction of sp³-hybridized carbons (Fsp3) is 0.389. The van der Waals surface area contributed by atoms with Crippen molar-refractivity contribution in [3.63, 3.8) is 0 Å². The molecule has 124 valence electrons. The van der Waals surface area contributed by atoms with E-state index < -0.39 is 0 Å². The lowest BCUT2D eigenvalue weighted by molar-refractivity contribution is 0.358. The maximum atomic E-state index is 6.17. The second-order valence-corrected chi connectivity index (χ2v) is 6.63. The predicted octanol–water partition coefficient (Wildman–Crippen LogP) is 4.60. The van der Waals surface area contributed by atoms with Crippen molar-refractivity contribution in [2.24, 2.45) is 0 Å². The van der Waals surface area contributed by atoms with Gasteiger partial charge in [-0.05, 0) is 30.0 Å². The molecular formula is C18H20ClN5. The summed E-state index contributed by atoms with van der Waals surface area (Å²) in [5, 5.41) is 3.61. The third kappa shape index (κ3) is 3.08. The maximum Gasteiger partial charge on any atom is 0.226 e. The summed E-state index contributed by atoms with van der Waals surface area (Å²) in [6.45, 7) is 0.680. The summed E-state index contributed by atoms with van der Waals surface area (Å²) >= 11 is 6.17. The van der Waals surface area contributed by atoms with Gasteiger partial charge in [-0.25, -0.2) is 4.98 Å². The first-order valence-electron chi connectivity index (χ1n) is 8.49. The summed E-state index contributed by atoms with van der Waals surface area (Å²) in [5.41, 5.74) is 2.81. The van der Waals surface area contributed by atoms with E-state index in [-0.39, 0.29) is 5.28 Å². The molecule has 3 aromatic rings. The molecule has 1 aromatic carbocycles. The molecule has 0 spiro atoms. The largest absolute Gasteiger partial charge is 0.364 e. The molecule has 2 aromatic heterocycles. The number of anilines is 1. The predicted molar refractivity (Wildman–Crippen MR) is 96.2 cm³/mol. The van der Waals surface area contributed by atoms with Gasteiger partial charge in [0.15, 0.2) is 17.0 Å². The van der Waals surface area contributed by atoms with Crippen molar-refractivity contribution in [3.8, 4) is 0 Å². The van der Waals surface area contributed by atoms with Gasteiger partial charge >= 0.3 is 0 Å². The Labute approximate surface area is 146 Å². The van der Waals surface area contributed by atoms with Gasteiger partial charge in [0.1, 0.15) is 0 Å². The molecule has 0 unspecified atom stereocenters. The number of benzene rings is 1. The third-order valence-electron chi connectivity index (χ3n) is 4.67. The van der Waals surface area contributed by atoms with Crippen molar-refractivity contribution in [2.75, 3.05) is 5.32 Å². The molecule has 0 aliphatic heterocycles. The zero-order valence-electron chi connectivity index (χ0n) is 13.5. The molecule has 6 heteroatoms. The fourth-order valence-electron chi connectivity index (χ4n) is 3.42. The Hall–Kier alpha value is -2.14. The number of hydrogen-bond donors (Lipinski definition) is 1. The minimum atomic E-state index is 0.260. The van der Waals surface area contributed by atoms with Crippen molar-refractivity contribution in [1.29, 1.82) is 0 Å². The summed E-state index contributed by atoms with van der Waals surface area (Å²) in [6, 6.07) is 10.7. The summed E-state index contributed by atoms with van der Waals surface area (Å²) in [6.07, 6.45) is 8.10. The number of rotatable bonds is 4. The molecule has 4 rings (SSSR count). The normalized spacial score (nSPS) is 15.7. The summed E-state index contributed by atoms with van der Waals surface area (Å²) in [4.78, 5) is 13.3. The lowest BCUT2D eigenvalue weighted by atomic mass is 9.95. The zero-order chi connectivity index (χ0) is 16.4. The van der Waals surface area contributed by atoms with Gasteiger partial charge in [0.2, 0.25) is 5.28 Å². The van der Waals surface area contributed by atoms with E-state index in [0.717, 1.165) is 11.2 Å². The van der Waals surface area contributed by atoms with Crippen LogP contribution in [0.3, 0.4) is 0 Å². The highest BCUT2D eigenvalue weighted by Crippen LogP contribution is 2.31. The number of fused-ring (bicyclic) bond motifs is 1. The Morgan fingerprint density at radius 2 is 1.88 bits per heavy atom. The van der Waals surface area contributed by atoms with Crippen molar-refractivity contribution in [2.45, 2.75) is 44.7 Å². The van der Waals surface area contributed by atoms with Crippen molar-refractivity contribution in [1.82, 2.24) is 19.5 Å². The van der Waals surface area contributed by atoms with Crippen LogP contribution in [0.2, 0.25) is 5.28 Å². The van der Waals surface area contributed by atoms with Gasteiger partial charge < -0.3 is 9.88 Å². The molecule has 1 aliphatic rings. The molecule has 0 bridgehead atoms. The Bertz CT molecular complexity index is 824. The minimum absolute atomic E-state index is 0.260. The van der Waals surface area contributed by atoms with Crippen LogP contribution in [-0.4, -0.2) is 19.5 Å². The van der Waals surface area contributed by atoms with Crippen LogP contribution in [0.25, 0.3) is 11.2 Å². The number of nitrogens with zero attached hydrogens (tertiary/aromatic N) is 4. The van der Waals surface area contributed by atoms with Gasteiger partial charge in [-0.1, -0.05) is 49.6 Å². The monoisotopic (exact) mass is 341 g/mol. The highest BCUT2D eigenvalue weighted by atomic mass is 35.5. The van der Waals surface area contributed by atoms with Gasteiger partial charge in [0.05, 0.1) is 6.33 Å². The molecule has 0 amide bonds. The summed E-state index contributed by atoms with van der Waals surface area (Å²) < 4.78 is 2.18. The van der Waals surface area contributed by atoms with Crippen molar-refractivity contribution < 1.29 is 0 Å². The number of halogens is 1. The maximum absolute atomic E-state index is 6.17. The molecule has 1 saturated carbocycles. The van der Waals surface area contributed by atoms with E-state index in [0.29, 0.717) is 18.4 Å². The first kappa shape index (κ1) is 15.4. The summed E-state index contributed by atoms with van der Waals surface area (Å²) in [7, 11) is 0. The molecule has 2 heterocycles. The zero-order valence-corrected chi connectivity index (χ0v) is 14.2. The molecule has 24 heavy (non-hydrogen) atoms. The van der Waals surface area contributed by atoms with E-state index in [4.69, 9.17) is 11.6 Å². The van der Waals surface area contributed by atoms with Crippen LogP contribution in [0.1, 0.15) is 43.7 Å². The molecule has 0 saturated heterocycles. The van der Waals surface area contributed by atoms with E-state index in [9.17, 15) is 0 Å². The second-order valence-electron chi connectivity index (χ2n) is 6.30. The van der Waals surface area contributed by atoms with Crippen LogP contribution in [0.15, 0.2) is 36.7 Å². The minimum Gasteiger partial charge on any atom is -0.364 e. The highest BCUT2D eigenvalue weighted by molar-refractivity contribution is 6.28. The van der Waals surface area contributed by atoms with Gasteiger partial charge in [-0.15, -0.1) is 0 Å². The smallest absolute Gasteiger partial charge is 0.226 e. The lowest BCUT2D eigenvalue weighted by Crippen LogP contribution is -2.12. The van der Waals surface area contributed by atoms with Crippen LogP contribution in [0, 0.1) is 0 Å². The quantitative estimate of drug-likeness (QED) is 0.705. The first-order valence-corrected chi connectivity index (χ1v) is 8.87. The SMILES string of the molecule is Clc1nc(NCc2ccccc2)c2ncn(C3CCCCC3)c2n1. The molecule has 1 fully saturated rings. The van der Waals surface area contributed by atoms with Crippen LogP contribution >= 0.6 is 11.6 Å². The van der Waals surface area contributed by atoms with E-state index in [1.807, 2.05) is 24.5 Å². The average Bonchev–Trinajstić information content (AvgIpc) is 3.05. The van der Waals surface area contributed by atoms with E-state index in [1.165, 1.54) is 37.7 Å². The highest BCUT2D eigenvalue weighted by Gasteiger charge is 2.20. The Kier molecular flexibility index (Phi) is 4.34. The van der Waals surface area contributed by atoms with Gasteiger partial charge in [-0.2, -0.15) is 9.97 Å². The Morgan fingerprint density at radius 3 is 2.67 bits per heavy atom. The molecule has 5 nitrogen and oxygen atoms in total. The van der Waals surface area contributed by atoms with Gasteiger partial charge in [0, 0.05) is 12.6 Å². The second kappa shape index (κ2) is 6.77. The number of hydrogen-bond acceptors (Lipinski definition) is 4. The molecular weight excluding hydrogens is 322 g/mol. The molecule has 1 N–H and O–H groups in total. The van der Waals surface area contributed by atoms with Crippen molar-refractivity contribution in [3.05, 3.63) is 47.5 Å². The lowest BCUT2D eigenvalue weighted by Gasteiger charge is -2.23. The van der Waals surface area contributed by atoms with Crippen molar-refractivity contribution >= 4 is 28.6 Å². The van der Waals surface area contributed by atoms with Crippen LogP contribution in [0.5, 0.6) is 0 Å². The fourth-order valence-corrected chi connectivity index (χ4v) is 3.59. The average molecular weight is 342 g/mol. The van der Waals surface area contributed by atoms with E-state index >= 15 is 0 Å². The standard InChI is InChI=1S/C18H20ClN5/c19-18-22-16(20-11-13-7-3-1-4-8-13)15-17(23-18)24(12-21-15)14-9-5-2-6-10-14/h1,3-4,7-8,12,14H,2,5-6,9-11H2,(H,20,22,23). The number of imidazole rings is 1. The van der Waals surface area contributed by atoms with Gasteiger partial charge in [0.25, 0.3) is 0 Å². The molecule has 0 atom stereocenters. The number of nitrogens with one attached hydrogen (secondary N) is 1. The topological polar surface area (TPSA) is 55.6 Å². The third-order valence-corrected chi connectivity index (χ3v) is 4.83. The Morgan fingerprint density at radius 1 is 1.08 bits per heavy atom.